The number of para-hydroxylation sites is 3. The Balaban J connectivity index is 1.03. The second kappa shape index (κ2) is 14.5. The van der Waals surface area contributed by atoms with E-state index in [1.807, 2.05) is 42.5 Å². The number of rotatable bonds is 6. The molecule has 0 N–H and O–H groups in total. The minimum Gasteiger partial charge on any atom is -0.456 e. The third-order valence-corrected chi connectivity index (χ3v) is 12.5. The summed E-state index contributed by atoms with van der Waals surface area (Å²) in [6, 6.07) is 73.7. The summed E-state index contributed by atoms with van der Waals surface area (Å²) in [6.45, 7) is 0. The van der Waals surface area contributed by atoms with Gasteiger partial charge in [-0.25, -0.2) is 15.0 Å². The van der Waals surface area contributed by atoms with Gasteiger partial charge in [0.2, 0.25) is 0 Å². The molecule has 4 aromatic heterocycles. The van der Waals surface area contributed by atoms with Gasteiger partial charge in [-0.1, -0.05) is 158 Å². The van der Waals surface area contributed by atoms with Crippen LogP contribution in [-0.4, -0.2) is 15.0 Å². The highest BCUT2D eigenvalue weighted by Gasteiger charge is 2.22. The predicted molar refractivity (Wildman–Crippen MR) is 262 cm³/mol. The van der Waals surface area contributed by atoms with Crippen LogP contribution in [0.15, 0.2) is 221 Å². The third kappa shape index (κ3) is 5.90. The lowest BCUT2D eigenvalue weighted by molar-refractivity contribution is 0.669. The second-order valence-corrected chi connectivity index (χ2v) is 16.3. The van der Waals surface area contributed by atoms with Crippen molar-refractivity contribution in [2.45, 2.75) is 0 Å². The van der Waals surface area contributed by atoms with Gasteiger partial charge in [0.25, 0.3) is 0 Å². The van der Waals surface area contributed by atoms with Crippen LogP contribution in [0.4, 0.5) is 0 Å². The zero-order valence-corrected chi connectivity index (χ0v) is 34.4. The van der Waals surface area contributed by atoms with Crippen LogP contribution in [0, 0.1) is 0 Å². The van der Waals surface area contributed by atoms with Gasteiger partial charge in [0.1, 0.15) is 22.3 Å². The topological polar surface area (TPSA) is 65.0 Å². The Kier molecular flexibility index (Phi) is 8.15. The van der Waals surface area contributed by atoms with Gasteiger partial charge < -0.3 is 8.83 Å². The Hall–Kier alpha value is -8.67. The van der Waals surface area contributed by atoms with Gasteiger partial charge in [0, 0.05) is 65.5 Å². The van der Waals surface area contributed by atoms with Crippen LogP contribution in [0.1, 0.15) is 0 Å². The summed E-state index contributed by atoms with van der Waals surface area (Å²) in [5, 5.41) is 7.50. The first-order valence-electron chi connectivity index (χ1n) is 21.5. The monoisotopic (exact) mass is 817 g/mol. The summed E-state index contributed by atoms with van der Waals surface area (Å²) in [5.74, 6) is 0.668. The fraction of sp³-hybridized carbons (Fsp3) is 0. The summed E-state index contributed by atoms with van der Waals surface area (Å²) in [4.78, 5) is 15.8. The minimum absolute atomic E-state index is 0.668. The van der Waals surface area contributed by atoms with Crippen molar-refractivity contribution in [1.29, 1.82) is 0 Å². The van der Waals surface area contributed by atoms with Gasteiger partial charge in [0.05, 0.1) is 22.6 Å². The van der Waals surface area contributed by atoms with Crippen LogP contribution in [0.25, 0.3) is 133 Å². The zero-order chi connectivity index (χ0) is 42.1. The molecule has 0 aliphatic carbocycles. The van der Waals surface area contributed by atoms with Crippen molar-refractivity contribution in [2.75, 3.05) is 0 Å². The molecule has 0 fully saturated rings. The highest BCUT2D eigenvalue weighted by Crippen LogP contribution is 2.46. The maximum Gasteiger partial charge on any atom is 0.160 e. The van der Waals surface area contributed by atoms with Crippen LogP contribution < -0.4 is 0 Å². The third-order valence-electron chi connectivity index (χ3n) is 12.5. The van der Waals surface area contributed by atoms with Gasteiger partial charge in [-0.3, -0.25) is 0 Å². The summed E-state index contributed by atoms with van der Waals surface area (Å²) in [5.41, 5.74) is 15.2. The van der Waals surface area contributed by atoms with Crippen molar-refractivity contribution in [3.63, 3.8) is 0 Å². The first kappa shape index (κ1) is 36.0. The molecule has 0 saturated heterocycles. The van der Waals surface area contributed by atoms with E-state index in [-0.39, 0.29) is 0 Å². The van der Waals surface area contributed by atoms with Gasteiger partial charge in [-0.2, -0.15) is 0 Å². The molecule has 0 amide bonds. The molecule has 4 heterocycles. The highest BCUT2D eigenvalue weighted by atomic mass is 16.3. The minimum atomic E-state index is 0.668. The van der Waals surface area contributed by atoms with Gasteiger partial charge in [-0.15, -0.1) is 0 Å². The molecule has 0 spiro atoms. The van der Waals surface area contributed by atoms with Crippen molar-refractivity contribution in [2.24, 2.45) is 0 Å². The van der Waals surface area contributed by atoms with Gasteiger partial charge in [-0.05, 0) is 71.3 Å². The predicted octanol–water partition coefficient (Wildman–Crippen LogP) is 16.0. The zero-order valence-electron chi connectivity index (χ0n) is 34.4. The molecule has 9 aromatic carbocycles. The molecule has 0 unspecified atom stereocenters. The standard InChI is InChI=1S/C59H35N3O2/c1-3-14-36(15-4-1)37-26-28-38(29-27-37)50-35-51(62-59(61-50)39-16-5-2-6-17-39)41-19-13-18-40(32-41)46-34-48-55(56-45-22-9-12-25-53(45)64-58(46)56)44-21-7-10-23-49(44)60-57(48)42-30-31-54-47(33-42)43-20-8-11-24-52(43)63-54/h1-35H. The number of benzene rings is 9. The number of pyridine rings is 1. The molecular weight excluding hydrogens is 783 g/mol. The Bertz CT molecular complexity index is 3950. The van der Waals surface area contributed by atoms with Crippen LogP contribution in [-0.2, 0) is 0 Å². The molecule has 0 aliphatic heterocycles. The van der Waals surface area contributed by atoms with Crippen molar-refractivity contribution in [1.82, 2.24) is 15.0 Å². The molecule has 5 nitrogen and oxygen atoms in total. The molecule has 13 rings (SSSR count). The lowest BCUT2D eigenvalue weighted by atomic mass is 9.91. The number of fused-ring (bicyclic) bond motifs is 10. The van der Waals surface area contributed by atoms with E-state index >= 15 is 0 Å². The summed E-state index contributed by atoms with van der Waals surface area (Å²) in [6.07, 6.45) is 0. The van der Waals surface area contributed by atoms with Crippen LogP contribution >= 0.6 is 0 Å². The Morgan fingerprint density at radius 1 is 0.297 bits per heavy atom. The number of aromatic nitrogens is 3. The van der Waals surface area contributed by atoms with Crippen molar-refractivity contribution in [3.8, 4) is 67.4 Å². The normalized spacial score (nSPS) is 11.8. The fourth-order valence-electron chi connectivity index (χ4n) is 9.41. The van der Waals surface area contributed by atoms with E-state index in [1.165, 1.54) is 5.56 Å². The van der Waals surface area contributed by atoms with E-state index in [2.05, 4.69) is 170 Å². The van der Waals surface area contributed by atoms with E-state index in [0.29, 0.717) is 5.82 Å². The van der Waals surface area contributed by atoms with E-state index in [4.69, 9.17) is 23.8 Å². The number of furan rings is 2. The maximum atomic E-state index is 6.92. The summed E-state index contributed by atoms with van der Waals surface area (Å²) >= 11 is 0. The van der Waals surface area contributed by atoms with E-state index < -0.39 is 0 Å². The molecule has 0 atom stereocenters. The SMILES string of the molecule is c1ccc(-c2ccc(-c3cc(-c4cccc(-c5cc6c(-c7ccc8oc9ccccc9c8c7)nc7ccccc7c6c6c5oc5ccccc56)c4)nc(-c4ccccc4)n3)cc2)cc1. The Morgan fingerprint density at radius 3 is 1.67 bits per heavy atom. The molecule has 0 radical (unpaired) electrons. The number of nitrogens with zero attached hydrogens (tertiary/aromatic N) is 3. The average Bonchev–Trinajstić information content (AvgIpc) is 3.95. The summed E-state index contributed by atoms with van der Waals surface area (Å²) < 4.78 is 13.2. The van der Waals surface area contributed by atoms with Crippen molar-refractivity contribution >= 4 is 65.6 Å². The van der Waals surface area contributed by atoms with Crippen LogP contribution in [0.3, 0.4) is 0 Å². The lowest BCUT2D eigenvalue weighted by Crippen LogP contribution is -1.96. The molecule has 13 aromatic rings. The van der Waals surface area contributed by atoms with Crippen LogP contribution in [0.5, 0.6) is 0 Å². The maximum absolute atomic E-state index is 6.92. The highest BCUT2D eigenvalue weighted by molar-refractivity contribution is 6.30. The lowest BCUT2D eigenvalue weighted by Gasteiger charge is -2.15. The first-order chi connectivity index (χ1) is 31.7. The van der Waals surface area contributed by atoms with E-state index in [1.54, 1.807) is 0 Å². The van der Waals surface area contributed by atoms with Gasteiger partial charge >= 0.3 is 0 Å². The molecule has 0 saturated carbocycles. The number of hydrogen-bond acceptors (Lipinski definition) is 5. The molecule has 298 valence electrons. The number of hydrogen-bond donors (Lipinski definition) is 0. The smallest absolute Gasteiger partial charge is 0.160 e. The molecular formula is C59H35N3O2. The molecule has 5 heteroatoms. The van der Waals surface area contributed by atoms with Crippen molar-refractivity contribution in [3.05, 3.63) is 212 Å². The van der Waals surface area contributed by atoms with Crippen molar-refractivity contribution < 1.29 is 8.83 Å². The molecule has 0 bridgehead atoms. The second-order valence-electron chi connectivity index (χ2n) is 16.3. The molecule has 0 aliphatic rings. The van der Waals surface area contributed by atoms with Gasteiger partial charge in [0.15, 0.2) is 5.82 Å². The Morgan fingerprint density at radius 2 is 0.875 bits per heavy atom. The average molecular weight is 818 g/mol. The quantitative estimate of drug-likeness (QED) is 0.156. The first-order valence-corrected chi connectivity index (χ1v) is 21.5. The molecule has 64 heavy (non-hydrogen) atoms. The van der Waals surface area contributed by atoms with E-state index in [0.717, 1.165) is 122 Å². The summed E-state index contributed by atoms with van der Waals surface area (Å²) in [7, 11) is 0. The van der Waals surface area contributed by atoms with E-state index in [9.17, 15) is 0 Å². The van der Waals surface area contributed by atoms with Crippen LogP contribution in [0.2, 0.25) is 0 Å². The largest absolute Gasteiger partial charge is 0.456 e. The fourth-order valence-corrected chi connectivity index (χ4v) is 9.41. The Labute approximate surface area is 367 Å².